The number of hydrogen-bond donors (Lipinski definition) is 0. The predicted molar refractivity (Wildman–Crippen MR) is 125 cm³/mol. The summed E-state index contributed by atoms with van der Waals surface area (Å²) in [6, 6.07) is 9.57. The first-order chi connectivity index (χ1) is 14.5. The number of benzene rings is 1. The van der Waals surface area contributed by atoms with Crippen LogP contribution in [0.3, 0.4) is 0 Å². The van der Waals surface area contributed by atoms with Gasteiger partial charge in [0.1, 0.15) is 0 Å². The monoisotopic (exact) mass is 424 g/mol. The molecule has 4 nitrogen and oxygen atoms in total. The van der Waals surface area contributed by atoms with E-state index in [1.54, 1.807) is 13.3 Å². The summed E-state index contributed by atoms with van der Waals surface area (Å²) in [4.78, 5) is 17.5. The average molecular weight is 425 g/mol. The summed E-state index contributed by atoms with van der Waals surface area (Å²) in [7, 11) is 1.59. The summed E-state index contributed by atoms with van der Waals surface area (Å²) in [6.07, 6.45) is 7.59. The second-order valence-electron chi connectivity index (χ2n) is 7.54. The van der Waals surface area contributed by atoms with Crippen molar-refractivity contribution >= 4 is 28.3 Å². The van der Waals surface area contributed by atoms with E-state index >= 15 is 0 Å². The van der Waals surface area contributed by atoms with Gasteiger partial charge in [0.25, 0.3) is 0 Å². The topological polar surface area (TPSA) is 44.1 Å². The van der Waals surface area contributed by atoms with Gasteiger partial charge in [-0.3, -0.25) is 4.79 Å². The van der Waals surface area contributed by atoms with Crippen molar-refractivity contribution in [3.8, 4) is 17.0 Å². The Kier molecular flexibility index (Phi) is 7.33. The maximum Gasteiger partial charge on any atom is 0.221 e. The van der Waals surface area contributed by atoms with Gasteiger partial charge in [0, 0.05) is 39.8 Å². The molecule has 3 rings (SSSR count). The van der Waals surface area contributed by atoms with Gasteiger partial charge in [-0.25, -0.2) is 4.98 Å². The molecular formula is C25H29ClN2O2. The molecule has 0 aliphatic heterocycles. The molecule has 0 aliphatic rings. The number of fused-ring (bicyclic) bond motifs is 1. The van der Waals surface area contributed by atoms with E-state index in [4.69, 9.17) is 16.3 Å². The molecule has 5 heteroatoms. The second kappa shape index (κ2) is 9.94. The van der Waals surface area contributed by atoms with Gasteiger partial charge >= 0.3 is 0 Å². The van der Waals surface area contributed by atoms with Crippen LogP contribution in [0, 0.1) is 5.92 Å². The number of ether oxygens (including phenoxy) is 1. The van der Waals surface area contributed by atoms with E-state index in [0.717, 1.165) is 47.8 Å². The highest BCUT2D eigenvalue weighted by Gasteiger charge is 2.26. The normalized spacial score (nSPS) is 12.1. The molecule has 0 spiro atoms. The molecule has 0 amide bonds. The summed E-state index contributed by atoms with van der Waals surface area (Å²) >= 11 is 6.37. The first-order valence-electron chi connectivity index (χ1n) is 10.5. The lowest BCUT2D eigenvalue weighted by atomic mass is 9.98. The number of hydrogen-bond acceptors (Lipinski definition) is 3. The summed E-state index contributed by atoms with van der Waals surface area (Å²) in [5.41, 5.74) is 3.18. The number of halogens is 1. The maximum absolute atomic E-state index is 13.1. The highest BCUT2D eigenvalue weighted by Crippen LogP contribution is 2.40. The molecule has 158 valence electrons. The number of allylic oxidation sites excluding steroid dienone is 1. The highest BCUT2D eigenvalue weighted by atomic mass is 35.5. The van der Waals surface area contributed by atoms with E-state index in [1.807, 2.05) is 30.3 Å². The Labute approximate surface area is 183 Å². The Hall–Kier alpha value is -2.59. The number of methoxy groups -OCH3 is 1. The highest BCUT2D eigenvalue weighted by molar-refractivity contribution is 6.31. The zero-order valence-corrected chi connectivity index (χ0v) is 18.7. The van der Waals surface area contributed by atoms with Crippen molar-refractivity contribution in [2.24, 2.45) is 5.92 Å². The fourth-order valence-corrected chi connectivity index (χ4v) is 4.23. The predicted octanol–water partition coefficient (Wildman–Crippen LogP) is 6.95. The number of carbonyl (C=O) groups is 1. The summed E-state index contributed by atoms with van der Waals surface area (Å²) < 4.78 is 7.66. The van der Waals surface area contributed by atoms with Gasteiger partial charge in [-0.05, 0) is 48.7 Å². The summed E-state index contributed by atoms with van der Waals surface area (Å²) in [5, 5.41) is 1.55. The van der Waals surface area contributed by atoms with Crippen LogP contribution in [-0.4, -0.2) is 22.4 Å². The quantitative estimate of drug-likeness (QED) is 0.261. The first-order valence-corrected chi connectivity index (χ1v) is 10.9. The standard InChI is InChI=1S/C25H29ClN2O2/c1-5-8-10-17(6-2)16-28-21-13-12-18(26)15-20(21)23(24(28)22(29)7-3)19-11-9-14-27-25(19)30-4/h7,9,11-15,17H,3,5-6,8,10,16H2,1-2,4H3. The van der Waals surface area contributed by atoms with Gasteiger partial charge < -0.3 is 9.30 Å². The minimum absolute atomic E-state index is 0.117. The molecule has 0 N–H and O–H groups in total. The molecule has 0 saturated carbocycles. The Balaban J connectivity index is 2.33. The fourth-order valence-electron chi connectivity index (χ4n) is 4.06. The Morgan fingerprint density at radius 2 is 2.13 bits per heavy atom. The molecule has 0 aliphatic carbocycles. The maximum atomic E-state index is 13.1. The van der Waals surface area contributed by atoms with Crippen LogP contribution in [-0.2, 0) is 6.54 Å². The number of unbranched alkanes of at least 4 members (excludes halogenated alkanes) is 1. The van der Waals surface area contributed by atoms with Crippen molar-refractivity contribution in [1.29, 1.82) is 0 Å². The summed E-state index contributed by atoms with van der Waals surface area (Å²) in [5.74, 6) is 0.845. The smallest absolute Gasteiger partial charge is 0.221 e. The van der Waals surface area contributed by atoms with Crippen molar-refractivity contribution in [3.63, 3.8) is 0 Å². The van der Waals surface area contributed by atoms with Crippen molar-refractivity contribution < 1.29 is 9.53 Å². The lowest BCUT2D eigenvalue weighted by Crippen LogP contribution is -2.15. The zero-order chi connectivity index (χ0) is 21.7. The van der Waals surface area contributed by atoms with E-state index in [0.29, 0.717) is 22.5 Å². The number of ketones is 1. The lowest BCUT2D eigenvalue weighted by Gasteiger charge is -2.18. The number of nitrogens with zero attached hydrogens (tertiary/aromatic N) is 2. The number of pyridine rings is 1. The van der Waals surface area contributed by atoms with E-state index in [9.17, 15) is 4.79 Å². The van der Waals surface area contributed by atoms with Crippen molar-refractivity contribution in [2.75, 3.05) is 7.11 Å². The van der Waals surface area contributed by atoms with Crippen LogP contribution in [0.2, 0.25) is 5.02 Å². The molecule has 30 heavy (non-hydrogen) atoms. The minimum Gasteiger partial charge on any atom is -0.481 e. The number of aromatic nitrogens is 2. The molecule has 0 bridgehead atoms. The molecular weight excluding hydrogens is 396 g/mol. The largest absolute Gasteiger partial charge is 0.481 e. The molecule has 1 unspecified atom stereocenters. The van der Waals surface area contributed by atoms with Crippen molar-refractivity contribution in [2.45, 2.75) is 46.1 Å². The Bertz CT molecular complexity index is 1050. The summed E-state index contributed by atoms with van der Waals surface area (Å²) in [6.45, 7) is 8.95. The molecule has 1 aromatic carbocycles. The van der Waals surface area contributed by atoms with Gasteiger partial charge in [0.15, 0.2) is 0 Å². The SMILES string of the molecule is C=CC(=O)c1c(-c2cccnc2OC)c2cc(Cl)ccc2n1CC(CC)CCCC. The molecule has 2 aromatic heterocycles. The van der Waals surface area contributed by atoms with Gasteiger partial charge in [0.2, 0.25) is 11.7 Å². The van der Waals surface area contributed by atoms with Gasteiger partial charge in [-0.2, -0.15) is 0 Å². The van der Waals surface area contributed by atoms with Crippen LogP contribution >= 0.6 is 11.6 Å². The number of rotatable bonds is 10. The lowest BCUT2D eigenvalue weighted by molar-refractivity contribution is 0.103. The van der Waals surface area contributed by atoms with E-state index in [-0.39, 0.29) is 5.78 Å². The van der Waals surface area contributed by atoms with Crippen LogP contribution < -0.4 is 4.74 Å². The molecule has 1 atom stereocenters. The molecule has 3 aromatic rings. The molecule has 0 saturated heterocycles. The molecule has 2 heterocycles. The third-order valence-electron chi connectivity index (χ3n) is 5.66. The minimum atomic E-state index is -0.117. The van der Waals surface area contributed by atoms with Gasteiger partial charge in [-0.15, -0.1) is 0 Å². The first kappa shape index (κ1) is 22.1. The van der Waals surface area contributed by atoms with Crippen LogP contribution in [0.1, 0.15) is 50.0 Å². The van der Waals surface area contributed by atoms with Crippen LogP contribution in [0.25, 0.3) is 22.0 Å². The van der Waals surface area contributed by atoms with E-state index in [1.165, 1.54) is 12.5 Å². The van der Waals surface area contributed by atoms with Crippen LogP contribution in [0.4, 0.5) is 0 Å². The van der Waals surface area contributed by atoms with Crippen molar-refractivity contribution in [3.05, 3.63) is 59.9 Å². The van der Waals surface area contributed by atoms with Crippen LogP contribution in [0.5, 0.6) is 5.88 Å². The van der Waals surface area contributed by atoms with Crippen molar-refractivity contribution in [1.82, 2.24) is 9.55 Å². The van der Waals surface area contributed by atoms with E-state index < -0.39 is 0 Å². The number of carbonyl (C=O) groups excluding carboxylic acids is 1. The fraction of sp³-hybridized carbons (Fsp3) is 0.360. The third-order valence-corrected chi connectivity index (χ3v) is 5.90. The third kappa shape index (κ3) is 4.29. The van der Waals surface area contributed by atoms with Gasteiger partial charge in [0.05, 0.1) is 12.8 Å². The van der Waals surface area contributed by atoms with Crippen LogP contribution in [0.15, 0.2) is 49.2 Å². The average Bonchev–Trinajstić information content (AvgIpc) is 3.08. The second-order valence-corrected chi connectivity index (χ2v) is 7.98. The Morgan fingerprint density at radius 3 is 2.80 bits per heavy atom. The van der Waals surface area contributed by atoms with Gasteiger partial charge in [-0.1, -0.05) is 51.3 Å². The Morgan fingerprint density at radius 1 is 1.33 bits per heavy atom. The van der Waals surface area contributed by atoms with E-state index in [2.05, 4.69) is 30.0 Å². The zero-order valence-electron chi connectivity index (χ0n) is 18.0. The molecule has 0 radical (unpaired) electrons. The molecule has 0 fully saturated rings.